The number of aliphatic hydroxyl groups is 1. The van der Waals surface area contributed by atoms with Crippen molar-refractivity contribution in [1.82, 2.24) is 10.3 Å². The van der Waals surface area contributed by atoms with Crippen LogP contribution in [0.2, 0.25) is 0 Å². The van der Waals surface area contributed by atoms with Gasteiger partial charge < -0.3 is 10.4 Å². The van der Waals surface area contributed by atoms with Gasteiger partial charge in [0.2, 0.25) is 0 Å². The van der Waals surface area contributed by atoms with Gasteiger partial charge in [0.1, 0.15) is 0 Å². The van der Waals surface area contributed by atoms with E-state index in [-0.39, 0.29) is 0 Å². The number of para-hydroxylation sites is 1. The van der Waals surface area contributed by atoms with Gasteiger partial charge in [-0.2, -0.15) is 0 Å². The Hall–Kier alpha value is -2.23. The number of pyridine rings is 1. The van der Waals surface area contributed by atoms with E-state index in [4.69, 9.17) is 0 Å². The fraction of sp³-hybridized carbons (Fsp3) is 0.167. The number of benzene rings is 2. The molecule has 0 aliphatic rings. The molecule has 1 heterocycles. The summed E-state index contributed by atoms with van der Waals surface area (Å²) in [6, 6.07) is 21.8. The van der Waals surface area contributed by atoms with Crippen LogP contribution in [0.5, 0.6) is 0 Å². The highest BCUT2D eigenvalue weighted by atomic mass is 16.3. The summed E-state index contributed by atoms with van der Waals surface area (Å²) in [5, 5.41) is 14.5. The van der Waals surface area contributed by atoms with Crippen molar-refractivity contribution in [3.8, 4) is 0 Å². The third-order valence-electron chi connectivity index (χ3n) is 3.48. The first kappa shape index (κ1) is 13.7. The molecule has 2 N–H and O–H groups in total. The first-order valence-electron chi connectivity index (χ1n) is 7.11. The van der Waals surface area contributed by atoms with Crippen LogP contribution in [0.1, 0.15) is 17.4 Å². The molecular weight excluding hydrogens is 260 g/mol. The zero-order chi connectivity index (χ0) is 14.5. The normalized spacial score (nSPS) is 12.4. The molecule has 2 aromatic carbocycles. The van der Waals surface area contributed by atoms with E-state index < -0.39 is 6.10 Å². The lowest BCUT2D eigenvalue weighted by molar-refractivity contribution is 0.174. The Morgan fingerprint density at radius 2 is 1.67 bits per heavy atom. The zero-order valence-electron chi connectivity index (χ0n) is 11.7. The van der Waals surface area contributed by atoms with Crippen LogP contribution in [0, 0.1) is 0 Å². The zero-order valence-corrected chi connectivity index (χ0v) is 11.7. The molecule has 1 atom stereocenters. The van der Waals surface area contributed by atoms with Gasteiger partial charge >= 0.3 is 0 Å². The molecule has 0 fully saturated rings. The summed E-state index contributed by atoms with van der Waals surface area (Å²) >= 11 is 0. The van der Waals surface area contributed by atoms with Crippen molar-refractivity contribution in [2.24, 2.45) is 0 Å². The van der Waals surface area contributed by atoms with Crippen LogP contribution in [0.25, 0.3) is 10.9 Å². The monoisotopic (exact) mass is 278 g/mol. The minimum Gasteiger partial charge on any atom is -0.387 e. The summed E-state index contributed by atoms with van der Waals surface area (Å²) < 4.78 is 0. The van der Waals surface area contributed by atoms with Gasteiger partial charge in [0, 0.05) is 18.5 Å². The van der Waals surface area contributed by atoms with Gasteiger partial charge in [0.15, 0.2) is 0 Å². The van der Waals surface area contributed by atoms with E-state index in [1.165, 1.54) is 0 Å². The second kappa shape index (κ2) is 6.48. The summed E-state index contributed by atoms with van der Waals surface area (Å²) in [4.78, 5) is 4.60. The Morgan fingerprint density at radius 3 is 2.52 bits per heavy atom. The van der Waals surface area contributed by atoms with Crippen LogP contribution in [0.15, 0.2) is 66.7 Å². The minimum atomic E-state index is -0.494. The largest absolute Gasteiger partial charge is 0.387 e. The number of hydrogen-bond donors (Lipinski definition) is 2. The number of hydrogen-bond acceptors (Lipinski definition) is 3. The minimum absolute atomic E-state index is 0.494. The molecule has 0 saturated carbocycles. The van der Waals surface area contributed by atoms with Crippen molar-refractivity contribution in [3.05, 3.63) is 78.0 Å². The molecule has 0 saturated heterocycles. The summed E-state index contributed by atoms with van der Waals surface area (Å²) in [6.45, 7) is 1.16. The SMILES string of the molecule is OC(CNCc1ccc2ccccc2n1)c1ccccc1. The molecular formula is C18H18N2O. The van der Waals surface area contributed by atoms with Gasteiger partial charge in [0.25, 0.3) is 0 Å². The topological polar surface area (TPSA) is 45.1 Å². The molecule has 0 amide bonds. The lowest BCUT2D eigenvalue weighted by Gasteiger charge is -2.12. The van der Waals surface area contributed by atoms with Gasteiger partial charge in [-0.05, 0) is 17.7 Å². The average molecular weight is 278 g/mol. The van der Waals surface area contributed by atoms with Crippen molar-refractivity contribution in [2.45, 2.75) is 12.6 Å². The van der Waals surface area contributed by atoms with Crippen molar-refractivity contribution >= 4 is 10.9 Å². The molecule has 3 rings (SSSR count). The average Bonchev–Trinajstić information content (AvgIpc) is 2.55. The van der Waals surface area contributed by atoms with E-state index >= 15 is 0 Å². The fourth-order valence-corrected chi connectivity index (χ4v) is 2.34. The van der Waals surface area contributed by atoms with Crippen molar-refractivity contribution in [1.29, 1.82) is 0 Å². The van der Waals surface area contributed by atoms with Crippen LogP contribution >= 0.6 is 0 Å². The maximum atomic E-state index is 10.1. The molecule has 21 heavy (non-hydrogen) atoms. The molecule has 3 aromatic rings. The van der Waals surface area contributed by atoms with Gasteiger partial charge in [-0.3, -0.25) is 4.98 Å². The van der Waals surface area contributed by atoms with E-state index in [1.807, 2.05) is 54.6 Å². The number of rotatable bonds is 5. The Labute approximate surface area is 124 Å². The Morgan fingerprint density at radius 1 is 0.905 bits per heavy atom. The van der Waals surface area contributed by atoms with E-state index in [1.54, 1.807) is 0 Å². The standard InChI is InChI=1S/C18H18N2O/c21-18(15-7-2-1-3-8-15)13-19-12-16-11-10-14-6-4-5-9-17(14)20-16/h1-11,18-19,21H,12-13H2. The quantitative estimate of drug-likeness (QED) is 0.754. The third kappa shape index (κ3) is 3.45. The highest BCUT2D eigenvalue weighted by Gasteiger charge is 2.06. The molecule has 1 unspecified atom stereocenters. The summed E-state index contributed by atoms with van der Waals surface area (Å²) in [5.74, 6) is 0. The summed E-state index contributed by atoms with van der Waals surface area (Å²) in [5.41, 5.74) is 2.91. The molecule has 106 valence electrons. The van der Waals surface area contributed by atoms with Gasteiger partial charge in [0.05, 0.1) is 17.3 Å². The second-order valence-electron chi connectivity index (χ2n) is 5.05. The molecule has 0 aliphatic carbocycles. The third-order valence-corrected chi connectivity index (χ3v) is 3.48. The number of fused-ring (bicyclic) bond motifs is 1. The van der Waals surface area contributed by atoms with E-state index in [0.29, 0.717) is 13.1 Å². The lowest BCUT2D eigenvalue weighted by Crippen LogP contribution is -2.21. The highest BCUT2D eigenvalue weighted by Crippen LogP contribution is 2.13. The lowest BCUT2D eigenvalue weighted by atomic mass is 10.1. The van der Waals surface area contributed by atoms with Crippen molar-refractivity contribution in [2.75, 3.05) is 6.54 Å². The first-order chi connectivity index (χ1) is 10.3. The summed E-state index contributed by atoms with van der Waals surface area (Å²) in [7, 11) is 0. The molecule has 1 aromatic heterocycles. The predicted octanol–water partition coefficient (Wildman–Crippen LogP) is 3.06. The highest BCUT2D eigenvalue weighted by molar-refractivity contribution is 5.78. The Bertz CT molecular complexity index is 712. The first-order valence-corrected chi connectivity index (χ1v) is 7.11. The molecule has 3 nitrogen and oxygen atoms in total. The van der Waals surface area contributed by atoms with E-state index in [0.717, 1.165) is 22.2 Å². The molecule has 0 spiro atoms. The van der Waals surface area contributed by atoms with Crippen molar-refractivity contribution < 1.29 is 5.11 Å². The molecule has 0 bridgehead atoms. The number of nitrogens with one attached hydrogen (secondary N) is 1. The van der Waals surface area contributed by atoms with Gasteiger partial charge in [-0.15, -0.1) is 0 Å². The molecule has 3 heteroatoms. The molecule has 0 aliphatic heterocycles. The van der Waals surface area contributed by atoms with Gasteiger partial charge in [-0.25, -0.2) is 0 Å². The second-order valence-corrected chi connectivity index (χ2v) is 5.05. The van der Waals surface area contributed by atoms with Crippen LogP contribution in [-0.4, -0.2) is 16.6 Å². The van der Waals surface area contributed by atoms with E-state index in [9.17, 15) is 5.11 Å². The Kier molecular flexibility index (Phi) is 4.24. The van der Waals surface area contributed by atoms with E-state index in [2.05, 4.69) is 22.4 Å². The van der Waals surface area contributed by atoms with Crippen LogP contribution in [0.4, 0.5) is 0 Å². The predicted molar refractivity (Wildman–Crippen MR) is 84.9 cm³/mol. The number of aliphatic hydroxyl groups excluding tert-OH is 1. The Balaban J connectivity index is 1.59. The van der Waals surface area contributed by atoms with Crippen molar-refractivity contribution in [3.63, 3.8) is 0 Å². The number of nitrogens with zero attached hydrogens (tertiary/aromatic N) is 1. The maximum absolute atomic E-state index is 10.1. The van der Waals surface area contributed by atoms with Crippen LogP contribution < -0.4 is 5.32 Å². The molecule has 0 radical (unpaired) electrons. The fourth-order valence-electron chi connectivity index (χ4n) is 2.34. The summed E-state index contributed by atoms with van der Waals surface area (Å²) in [6.07, 6.45) is -0.494. The maximum Gasteiger partial charge on any atom is 0.0914 e. The van der Waals surface area contributed by atoms with Gasteiger partial charge in [-0.1, -0.05) is 54.6 Å². The smallest absolute Gasteiger partial charge is 0.0914 e. The van der Waals surface area contributed by atoms with Crippen LogP contribution in [-0.2, 0) is 6.54 Å². The van der Waals surface area contributed by atoms with Crippen LogP contribution in [0.3, 0.4) is 0 Å². The number of aromatic nitrogens is 1.